The molecular formula is C28H25NO7. The zero-order valence-corrected chi connectivity index (χ0v) is 20.3. The number of anilines is 1. The molecule has 1 heterocycles. The van der Waals surface area contributed by atoms with Crippen LogP contribution in [0.25, 0.3) is 5.76 Å². The summed E-state index contributed by atoms with van der Waals surface area (Å²) < 4.78 is 15.4. The molecule has 1 saturated heterocycles. The van der Waals surface area contributed by atoms with E-state index in [-0.39, 0.29) is 11.3 Å². The summed E-state index contributed by atoms with van der Waals surface area (Å²) in [6.07, 6.45) is 0. The van der Waals surface area contributed by atoms with Gasteiger partial charge in [0.1, 0.15) is 17.3 Å². The van der Waals surface area contributed by atoms with Crippen molar-refractivity contribution in [3.05, 3.63) is 94.6 Å². The summed E-state index contributed by atoms with van der Waals surface area (Å²) >= 11 is 0. The maximum atomic E-state index is 13.3. The molecule has 3 aromatic carbocycles. The molecule has 0 saturated carbocycles. The molecule has 0 aromatic heterocycles. The van der Waals surface area contributed by atoms with Crippen LogP contribution in [0.15, 0.2) is 72.3 Å². The molecule has 1 atom stereocenters. The number of benzene rings is 3. The third-order valence-electron chi connectivity index (χ3n) is 6.09. The first-order valence-electron chi connectivity index (χ1n) is 11.1. The minimum Gasteiger partial charge on any atom is -0.507 e. The normalized spacial score (nSPS) is 16.7. The van der Waals surface area contributed by atoms with Crippen LogP contribution in [-0.4, -0.2) is 44.1 Å². The van der Waals surface area contributed by atoms with Crippen LogP contribution < -0.4 is 14.4 Å². The number of amides is 1. The number of Topliss-reactive ketones (excluding diaryl/α,β-unsaturated/α-hetero) is 1. The number of nitrogens with zero attached hydrogens (tertiary/aromatic N) is 1. The Morgan fingerprint density at radius 1 is 0.889 bits per heavy atom. The van der Waals surface area contributed by atoms with Gasteiger partial charge in [0.2, 0.25) is 0 Å². The van der Waals surface area contributed by atoms with E-state index in [9.17, 15) is 19.5 Å². The number of carbonyl (C=O) groups is 3. The number of hydrogen-bond donors (Lipinski definition) is 1. The van der Waals surface area contributed by atoms with Crippen molar-refractivity contribution < 1.29 is 33.7 Å². The molecule has 1 N–H and O–H groups in total. The van der Waals surface area contributed by atoms with E-state index in [1.165, 1.54) is 31.3 Å². The van der Waals surface area contributed by atoms with Crippen molar-refractivity contribution >= 4 is 29.1 Å². The first kappa shape index (κ1) is 24.5. The highest BCUT2D eigenvalue weighted by atomic mass is 16.5. The monoisotopic (exact) mass is 487 g/mol. The van der Waals surface area contributed by atoms with Gasteiger partial charge in [0.15, 0.2) is 0 Å². The Balaban J connectivity index is 1.91. The quantitative estimate of drug-likeness (QED) is 0.238. The highest BCUT2D eigenvalue weighted by Gasteiger charge is 2.47. The number of aliphatic hydroxyl groups is 1. The fraction of sp³-hybridized carbons (Fsp3) is 0.179. The van der Waals surface area contributed by atoms with Gasteiger partial charge in [0, 0.05) is 11.3 Å². The van der Waals surface area contributed by atoms with Gasteiger partial charge >= 0.3 is 5.97 Å². The van der Waals surface area contributed by atoms with Crippen molar-refractivity contribution in [2.45, 2.75) is 13.0 Å². The third kappa shape index (κ3) is 4.29. The van der Waals surface area contributed by atoms with Gasteiger partial charge in [-0.3, -0.25) is 14.5 Å². The standard InChI is InChI=1S/C28H25NO7/c1-16-14-19(10-13-22(16)35-3)25(30)23-24(18-6-5-7-21(15-18)34-2)29(27(32)26(23)31)20-11-8-17(9-12-20)28(33)36-4/h5-15,24,30H,1-4H3/b25-23-. The number of aryl methyl sites for hydroxylation is 1. The predicted molar refractivity (Wildman–Crippen MR) is 133 cm³/mol. The molecule has 0 spiro atoms. The van der Waals surface area contributed by atoms with E-state index in [2.05, 4.69) is 0 Å². The van der Waals surface area contributed by atoms with Crippen LogP contribution in [0.4, 0.5) is 5.69 Å². The molecule has 1 aliphatic rings. The van der Waals surface area contributed by atoms with Crippen LogP contribution in [-0.2, 0) is 14.3 Å². The van der Waals surface area contributed by atoms with Crippen molar-refractivity contribution in [2.75, 3.05) is 26.2 Å². The van der Waals surface area contributed by atoms with Gasteiger partial charge in [-0.1, -0.05) is 12.1 Å². The molecule has 8 nitrogen and oxygen atoms in total. The fourth-order valence-corrected chi connectivity index (χ4v) is 4.28. The van der Waals surface area contributed by atoms with Gasteiger partial charge < -0.3 is 19.3 Å². The lowest BCUT2D eigenvalue weighted by molar-refractivity contribution is -0.132. The molecule has 184 valence electrons. The highest BCUT2D eigenvalue weighted by Crippen LogP contribution is 2.43. The van der Waals surface area contributed by atoms with Crippen LogP contribution in [0.3, 0.4) is 0 Å². The van der Waals surface area contributed by atoms with Crippen molar-refractivity contribution in [2.24, 2.45) is 0 Å². The first-order valence-corrected chi connectivity index (χ1v) is 11.1. The van der Waals surface area contributed by atoms with Crippen molar-refractivity contribution in [1.82, 2.24) is 0 Å². The number of carbonyl (C=O) groups excluding carboxylic acids is 3. The Kier molecular flexibility index (Phi) is 6.78. The number of methoxy groups -OCH3 is 3. The topological polar surface area (TPSA) is 102 Å². The number of aliphatic hydroxyl groups excluding tert-OH is 1. The molecule has 0 bridgehead atoms. The number of rotatable bonds is 6. The summed E-state index contributed by atoms with van der Waals surface area (Å²) in [5, 5.41) is 11.3. The van der Waals surface area contributed by atoms with E-state index in [1.807, 2.05) is 6.92 Å². The summed E-state index contributed by atoms with van der Waals surface area (Å²) in [7, 11) is 4.34. The maximum Gasteiger partial charge on any atom is 0.337 e. The average molecular weight is 488 g/mol. The lowest BCUT2D eigenvalue weighted by atomic mass is 9.94. The molecule has 1 amide bonds. The van der Waals surface area contributed by atoms with Crippen molar-refractivity contribution in [3.8, 4) is 11.5 Å². The van der Waals surface area contributed by atoms with Crippen LogP contribution in [0.2, 0.25) is 0 Å². The second-order valence-corrected chi connectivity index (χ2v) is 8.17. The second-order valence-electron chi connectivity index (χ2n) is 8.17. The molecule has 0 radical (unpaired) electrons. The molecule has 4 rings (SSSR count). The van der Waals surface area contributed by atoms with Crippen LogP contribution in [0, 0.1) is 6.92 Å². The van der Waals surface area contributed by atoms with E-state index in [0.29, 0.717) is 33.9 Å². The largest absolute Gasteiger partial charge is 0.507 e. The molecule has 8 heteroatoms. The molecule has 1 aliphatic heterocycles. The lowest BCUT2D eigenvalue weighted by Gasteiger charge is -2.26. The molecule has 1 unspecified atom stereocenters. The number of ketones is 1. The van der Waals surface area contributed by atoms with Gasteiger partial charge in [0.05, 0.1) is 38.5 Å². The fourth-order valence-electron chi connectivity index (χ4n) is 4.28. The Labute approximate surface area is 208 Å². The SMILES string of the molecule is COC(=O)c1ccc(N2C(=O)C(=O)/C(=C(\O)c3ccc(OC)c(C)c3)C2c2cccc(OC)c2)cc1. The first-order chi connectivity index (χ1) is 17.3. The molecular weight excluding hydrogens is 462 g/mol. The minimum atomic E-state index is -0.938. The minimum absolute atomic E-state index is 0.0603. The summed E-state index contributed by atoms with van der Waals surface area (Å²) in [5.41, 5.74) is 2.31. The highest BCUT2D eigenvalue weighted by molar-refractivity contribution is 6.51. The Bertz CT molecular complexity index is 1370. The van der Waals surface area contributed by atoms with Gasteiger partial charge in [0.25, 0.3) is 11.7 Å². The zero-order valence-electron chi connectivity index (χ0n) is 20.3. The van der Waals surface area contributed by atoms with Crippen LogP contribution >= 0.6 is 0 Å². The molecule has 1 fully saturated rings. The van der Waals surface area contributed by atoms with Crippen LogP contribution in [0.5, 0.6) is 11.5 Å². The van der Waals surface area contributed by atoms with Gasteiger partial charge in [-0.15, -0.1) is 0 Å². The van der Waals surface area contributed by atoms with Gasteiger partial charge in [-0.2, -0.15) is 0 Å². The molecule has 0 aliphatic carbocycles. The van der Waals surface area contributed by atoms with E-state index in [4.69, 9.17) is 14.2 Å². The van der Waals surface area contributed by atoms with Gasteiger partial charge in [-0.25, -0.2) is 4.79 Å². The maximum absolute atomic E-state index is 13.3. The molecule has 3 aromatic rings. The van der Waals surface area contributed by atoms with Crippen LogP contribution in [0.1, 0.15) is 33.1 Å². The molecule has 36 heavy (non-hydrogen) atoms. The smallest absolute Gasteiger partial charge is 0.337 e. The third-order valence-corrected chi connectivity index (χ3v) is 6.09. The van der Waals surface area contributed by atoms with Crippen molar-refractivity contribution in [3.63, 3.8) is 0 Å². The summed E-state index contributed by atoms with van der Waals surface area (Å²) in [6, 6.07) is 17.1. The number of hydrogen-bond acceptors (Lipinski definition) is 7. The van der Waals surface area contributed by atoms with Gasteiger partial charge in [-0.05, 0) is 72.6 Å². The Morgan fingerprint density at radius 2 is 1.58 bits per heavy atom. The average Bonchev–Trinajstić information content (AvgIpc) is 3.17. The van der Waals surface area contributed by atoms with E-state index in [1.54, 1.807) is 61.7 Å². The van der Waals surface area contributed by atoms with E-state index >= 15 is 0 Å². The number of esters is 1. The lowest BCUT2D eigenvalue weighted by Crippen LogP contribution is -2.29. The summed E-state index contributed by atoms with van der Waals surface area (Å²) in [5.74, 6) is -1.31. The zero-order chi connectivity index (χ0) is 26.0. The van der Waals surface area contributed by atoms with E-state index in [0.717, 1.165) is 5.56 Å². The summed E-state index contributed by atoms with van der Waals surface area (Å²) in [6.45, 7) is 1.82. The Hall–Kier alpha value is -4.59. The van der Waals surface area contributed by atoms with E-state index < -0.39 is 23.7 Å². The Morgan fingerprint density at radius 3 is 2.19 bits per heavy atom. The summed E-state index contributed by atoms with van der Waals surface area (Å²) in [4.78, 5) is 39.8. The second kappa shape index (κ2) is 9.95. The van der Waals surface area contributed by atoms with Crippen molar-refractivity contribution in [1.29, 1.82) is 0 Å². The number of ether oxygens (including phenoxy) is 3. The predicted octanol–water partition coefficient (Wildman–Crippen LogP) is 4.43.